The lowest BCUT2D eigenvalue weighted by Gasteiger charge is -2.04. The summed E-state index contributed by atoms with van der Waals surface area (Å²) >= 11 is -0.0920. The Labute approximate surface area is 70.4 Å². The zero-order chi connectivity index (χ0) is 6.97. The van der Waals surface area contributed by atoms with Gasteiger partial charge in [-0.05, 0) is 12.1 Å². The van der Waals surface area contributed by atoms with E-state index in [2.05, 4.69) is 31.5 Å². The van der Waals surface area contributed by atoms with Gasteiger partial charge in [-0.25, -0.2) is 3.15 Å². The molecule has 2 nitrogen and oxygen atoms in total. The standard InChI is InChI=1S/C7H7IN2/c1-10-7-5-3-2-4-6(7)9-8-10/h2-5H,1H3. The van der Waals surface area contributed by atoms with Crippen molar-refractivity contribution in [1.82, 2.24) is 0 Å². The summed E-state index contributed by atoms with van der Waals surface area (Å²) in [7, 11) is 2.10. The van der Waals surface area contributed by atoms with E-state index in [4.69, 9.17) is 0 Å². The van der Waals surface area contributed by atoms with Gasteiger partial charge in [0.15, 0.2) is 0 Å². The average Bonchev–Trinajstić information content (AvgIpc) is 2.34. The maximum Gasteiger partial charge on any atom is 0.121 e. The molecule has 3 heteroatoms. The molecule has 0 spiro atoms. The molecule has 0 aromatic heterocycles. The largest absolute Gasteiger partial charge is 0.307 e. The lowest BCUT2D eigenvalue weighted by molar-refractivity contribution is 1.41. The maximum atomic E-state index is 4.42. The second-order valence-corrected chi connectivity index (χ2v) is 4.49. The maximum absolute atomic E-state index is 4.42. The highest BCUT2D eigenvalue weighted by molar-refractivity contribution is 14.2. The second-order valence-electron chi connectivity index (χ2n) is 2.13. The van der Waals surface area contributed by atoms with Crippen LogP contribution in [0.4, 0.5) is 11.4 Å². The first-order valence-electron chi connectivity index (χ1n) is 3.06. The number of hydrogen-bond donors (Lipinski definition) is 0. The molecule has 1 aliphatic rings. The van der Waals surface area contributed by atoms with E-state index in [0.29, 0.717) is 0 Å². The molecule has 1 aromatic carbocycles. The fourth-order valence-corrected chi connectivity index (χ4v) is 2.54. The molecule has 0 radical (unpaired) electrons. The van der Waals surface area contributed by atoms with Crippen LogP contribution >= 0.6 is 21.3 Å². The van der Waals surface area contributed by atoms with Crippen molar-refractivity contribution in [2.75, 3.05) is 10.2 Å². The van der Waals surface area contributed by atoms with Gasteiger partial charge in [0.25, 0.3) is 0 Å². The second kappa shape index (κ2) is 2.30. The molecular weight excluding hydrogens is 239 g/mol. The van der Waals surface area contributed by atoms with E-state index in [1.165, 1.54) is 5.69 Å². The highest BCUT2D eigenvalue weighted by Gasteiger charge is 2.09. The molecule has 52 valence electrons. The van der Waals surface area contributed by atoms with Gasteiger partial charge in [-0.3, -0.25) is 0 Å². The van der Waals surface area contributed by atoms with Gasteiger partial charge in [-0.2, -0.15) is 0 Å². The number of benzene rings is 1. The Hall–Kier alpha value is -0.450. The third kappa shape index (κ3) is 0.847. The summed E-state index contributed by atoms with van der Waals surface area (Å²) in [6.07, 6.45) is 0. The van der Waals surface area contributed by atoms with E-state index in [9.17, 15) is 0 Å². The number of anilines is 1. The lowest BCUT2D eigenvalue weighted by Crippen LogP contribution is -1.96. The molecule has 10 heavy (non-hydrogen) atoms. The fraction of sp³-hybridized carbons (Fsp3) is 0.143. The molecule has 0 saturated carbocycles. The van der Waals surface area contributed by atoms with Crippen LogP contribution in [0.3, 0.4) is 0 Å². The van der Waals surface area contributed by atoms with Gasteiger partial charge in [0.2, 0.25) is 0 Å². The van der Waals surface area contributed by atoms with Crippen LogP contribution in [0, 0.1) is 0 Å². The fourth-order valence-electron chi connectivity index (χ4n) is 0.934. The summed E-state index contributed by atoms with van der Waals surface area (Å²) in [6.45, 7) is 0. The number of rotatable bonds is 0. The van der Waals surface area contributed by atoms with E-state index in [1.54, 1.807) is 0 Å². The van der Waals surface area contributed by atoms with Crippen LogP contribution in [-0.2, 0) is 0 Å². The number of halogens is 1. The van der Waals surface area contributed by atoms with Crippen molar-refractivity contribution in [2.45, 2.75) is 0 Å². The van der Waals surface area contributed by atoms with E-state index in [0.717, 1.165) is 5.69 Å². The van der Waals surface area contributed by atoms with Crippen molar-refractivity contribution in [3.8, 4) is 0 Å². The summed E-state index contributed by atoms with van der Waals surface area (Å²) in [6, 6.07) is 8.27. The molecule has 1 aromatic rings. The van der Waals surface area contributed by atoms with Crippen molar-refractivity contribution in [3.05, 3.63) is 24.3 Å². The van der Waals surface area contributed by atoms with Crippen LogP contribution in [0.1, 0.15) is 0 Å². The molecule has 0 aliphatic carbocycles. The Balaban J connectivity index is 2.59. The molecule has 1 heterocycles. The summed E-state index contributed by atoms with van der Waals surface area (Å²) in [4.78, 5) is 0. The predicted octanol–water partition coefficient (Wildman–Crippen LogP) is 2.84. The minimum atomic E-state index is -0.0920. The van der Waals surface area contributed by atoms with Gasteiger partial charge in [-0.1, -0.05) is 12.1 Å². The molecule has 0 fully saturated rings. The van der Waals surface area contributed by atoms with Gasteiger partial charge in [0.1, 0.15) is 21.3 Å². The first-order chi connectivity index (χ1) is 4.88. The SMILES string of the molecule is CN1I=Nc2ccccc21. The Morgan fingerprint density at radius 2 is 2.20 bits per heavy atom. The normalized spacial score (nSPS) is 14.7. The monoisotopic (exact) mass is 246 g/mol. The van der Waals surface area contributed by atoms with Gasteiger partial charge in [-0.15, -0.1) is 0 Å². The number of hydrogen-bond acceptors (Lipinski definition) is 2. The first kappa shape index (κ1) is 6.27. The topological polar surface area (TPSA) is 15.6 Å². The molecule has 1 aliphatic heterocycles. The van der Waals surface area contributed by atoms with E-state index >= 15 is 0 Å². The third-order valence-corrected chi connectivity index (χ3v) is 3.36. The van der Waals surface area contributed by atoms with Gasteiger partial charge >= 0.3 is 0 Å². The Morgan fingerprint density at radius 3 is 3.00 bits per heavy atom. The molecule has 2 rings (SSSR count). The van der Waals surface area contributed by atoms with Crippen LogP contribution in [0.5, 0.6) is 0 Å². The minimum Gasteiger partial charge on any atom is -0.307 e. The van der Waals surface area contributed by atoms with Crippen LogP contribution < -0.4 is 3.11 Å². The third-order valence-electron chi connectivity index (χ3n) is 1.46. The van der Waals surface area contributed by atoms with E-state index in [1.807, 2.05) is 6.07 Å². The zero-order valence-corrected chi connectivity index (χ0v) is 7.74. The zero-order valence-electron chi connectivity index (χ0n) is 5.58. The van der Waals surface area contributed by atoms with Crippen LogP contribution in [0.15, 0.2) is 27.4 Å². The Bertz CT molecular complexity index is 283. The molecule has 0 amide bonds. The van der Waals surface area contributed by atoms with Crippen molar-refractivity contribution >= 4 is 32.7 Å². The molecule has 0 saturated heterocycles. The van der Waals surface area contributed by atoms with E-state index in [-0.39, 0.29) is 21.3 Å². The quantitative estimate of drug-likeness (QED) is 0.507. The number of fused-ring (bicyclic) bond motifs is 1. The van der Waals surface area contributed by atoms with Gasteiger partial charge in [0.05, 0.1) is 11.4 Å². The Kier molecular flexibility index (Phi) is 1.44. The van der Waals surface area contributed by atoms with Crippen LogP contribution in [0.2, 0.25) is 0 Å². The smallest absolute Gasteiger partial charge is 0.121 e. The van der Waals surface area contributed by atoms with E-state index < -0.39 is 0 Å². The summed E-state index contributed by atoms with van der Waals surface area (Å²) < 4.78 is 6.66. The number of para-hydroxylation sites is 1. The molecule has 0 atom stereocenters. The molecule has 0 bridgehead atoms. The Morgan fingerprint density at radius 1 is 1.40 bits per heavy atom. The molecule has 0 N–H and O–H groups in total. The van der Waals surface area contributed by atoms with Crippen molar-refractivity contribution in [3.63, 3.8) is 0 Å². The van der Waals surface area contributed by atoms with Crippen LogP contribution in [-0.4, -0.2) is 7.05 Å². The van der Waals surface area contributed by atoms with Crippen molar-refractivity contribution < 1.29 is 0 Å². The molecule has 0 unspecified atom stereocenters. The lowest BCUT2D eigenvalue weighted by atomic mass is 10.3. The molecular formula is C7H7IN2. The van der Waals surface area contributed by atoms with Crippen molar-refractivity contribution in [2.24, 2.45) is 3.15 Å². The average molecular weight is 246 g/mol. The van der Waals surface area contributed by atoms with Crippen LogP contribution in [0.25, 0.3) is 0 Å². The highest BCUT2D eigenvalue weighted by atomic mass is 127. The highest BCUT2D eigenvalue weighted by Crippen LogP contribution is 2.40. The summed E-state index contributed by atoms with van der Waals surface area (Å²) in [5, 5.41) is 0. The summed E-state index contributed by atoms with van der Waals surface area (Å²) in [5.74, 6) is 0. The minimum absolute atomic E-state index is 0.0920. The van der Waals surface area contributed by atoms with Gasteiger partial charge < -0.3 is 3.11 Å². The predicted molar refractivity (Wildman–Crippen MR) is 51.0 cm³/mol. The van der Waals surface area contributed by atoms with Gasteiger partial charge in [0, 0.05) is 7.05 Å². The van der Waals surface area contributed by atoms with Crippen molar-refractivity contribution in [1.29, 1.82) is 0 Å². The first-order valence-corrected chi connectivity index (χ1v) is 4.99. The number of nitrogens with zero attached hydrogens (tertiary/aromatic N) is 2. The summed E-state index contributed by atoms with van der Waals surface area (Å²) in [5.41, 5.74) is 2.45.